The van der Waals surface area contributed by atoms with Gasteiger partial charge in [0.1, 0.15) is 23.2 Å². The molecule has 2 aromatic carbocycles. The Labute approximate surface area is 207 Å². The minimum absolute atomic E-state index is 0.00457. The van der Waals surface area contributed by atoms with Crippen LogP contribution in [0.5, 0.6) is 11.5 Å². The molecule has 3 N–H and O–H groups in total. The molecule has 2 aliphatic rings. The number of nitrogens with one attached hydrogen (secondary N) is 1. The molecule has 2 aliphatic heterocycles. The molecule has 2 heterocycles. The number of benzene rings is 2. The summed E-state index contributed by atoms with van der Waals surface area (Å²) in [5.74, 6) is 5.77. The van der Waals surface area contributed by atoms with Gasteiger partial charge in [-0.1, -0.05) is 36.9 Å². The second-order valence-corrected chi connectivity index (χ2v) is 11.0. The standard InChI is InChI=1S/C27H32N4O3S/c1-5-19(2)27-29-22(21-10-6-7-11-23(21)32)18-26(30(27)3)28-20-14-16-31(17-15-20)35(4,34)25-13-9-8-12-24(25)33/h5-13,18,20,29,32-33H,1,4,14-17H2,2-3H3/b27-19-,28-26?. The Morgan fingerprint density at radius 1 is 1.11 bits per heavy atom. The number of hydrogen-bond acceptors (Lipinski definition) is 5. The van der Waals surface area contributed by atoms with Gasteiger partial charge in [-0.3, -0.25) is 4.99 Å². The van der Waals surface area contributed by atoms with Crippen LogP contribution in [0.15, 0.2) is 88.5 Å². The van der Waals surface area contributed by atoms with Crippen LogP contribution in [0.1, 0.15) is 25.3 Å². The van der Waals surface area contributed by atoms with Crippen molar-refractivity contribution < 1.29 is 14.4 Å². The molecule has 0 aromatic heterocycles. The van der Waals surface area contributed by atoms with E-state index in [2.05, 4.69) is 17.8 Å². The number of aliphatic imine (C=N–C) groups is 1. The van der Waals surface area contributed by atoms with Gasteiger partial charge in [0.15, 0.2) is 0 Å². The number of likely N-dealkylation sites (N-methyl/N-ethyl adjacent to an activating group) is 1. The van der Waals surface area contributed by atoms with Gasteiger partial charge in [0.25, 0.3) is 0 Å². The zero-order chi connectivity index (χ0) is 25.2. The van der Waals surface area contributed by atoms with Gasteiger partial charge in [-0.15, -0.1) is 0 Å². The zero-order valence-corrected chi connectivity index (χ0v) is 21.0. The van der Waals surface area contributed by atoms with Gasteiger partial charge in [0.05, 0.1) is 26.3 Å². The molecule has 0 saturated carbocycles. The first-order chi connectivity index (χ1) is 16.7. The number of allylic oxidation sites excluding steroid dienone is 2. The number of para-hydroxylation sites is 2. The van der Waals surface area contributed by atoms with Crippen molar-refractivity contribution >= 4 is 27.1 Å². The quantitative estimate of drug-likeness (QED) is 0.550. The molecule has 0 amide bonds. The fourth-order valence-corrected chi connectivity index (χ4v) is 6.10. The smallest absolute Gasteiger partial charge is 0.132 e. The van der Waals surface area contributed by atoms with Crippen LogP contribution in [0.4, 0.5) is 0 Å². The van der Waals surface area contributed by atoms with Crippen LogP contribution in [0.3, 0.4) is 0 Å². The predicted octanol–water partition coefficient (Wildman–Crippen LogP) is 3.94. The Morgan fingerprint density at radius 2 is 1.74 bits per heavy atom. The van der Waals surface area contributed by atoms with E-state index in [4.69, 9.17) is 4.99 Å². The number of piperidine rings is 1. The second-order valence-electron chi connectivity index (χ2n) is 8.75. The molecule has 2 aromatic rings. The monoisotopic (exact) mass is 492 g/mol. The highest BCUT2D eigenvalue weighted by Crippen LogP contribution is 2.30. The van der Waals surface area contributed by atoms with E-state index in [1.807, 2.05) is 41.4 Å². The van der Waals surface area contributed by atoms with Crippen LogP contribution < -0.4 is 5.32 Å². The highest BCUT2D eigenvalue weighted by Gasteiger charge is 2.28. The molecular formula is C27H32N4O3S. The summed E-state index contributed by atoms with van der Waals surface area (Å²) in [5.41, 5.74) is 2.40. The highest BCUT2D eigenvalue weighted by molar-refractivity contribution is 7.98. The van der Waals surface area contributed by atoms with Crippen molar-refractivity contribution in [2.24, 2.45) is 4.99 Å². The van der Waals surface area contributed by atoms with E-state index < -0.39 is 9.71 Å². The molecule has 35 heavy (non-hydrogen) atoms. The topological polar surface area (TPSA) is 88.4 Å². The van der Waals surface area contributed by atoms with Crippen molar-refractivity contribution in [2.75, 3.05) is 20.1 Å². The van der Waals surface area contributed by atoms with Gasteiger partial charge < -0.3 is 20.4 Å². The van der Waals surface area contributed by atoms with E-state index >= 15 is 0 Å². The summed E-state index contributed by atoms with van der Waals surface area (Å²) in [5, 5.41) is 24.0. The Balaban J connectivity index is 1.60. The molecule has 1 fully saturated rings. The first-order valence-corrected chi connectivity index (χ1v) is 13.2. The van der Waals surface area contributed by atoms with E-state index in [1.165, 1.54) is 6.07 Å². The van der Waals surface area contributed by atoms with Crippen LogP contribution in [0.25, 0.3) is 5.70 Å². The molecule has 0 radical (unpaired) electrons. The summed E-state index contributed by atoms with van der Waals surface area (Å²) < 4.78 is 15.3. The number of hydrogen-bond donors (Lipinski definition) is 3. The predicted molar refractivity (Wildman–Crippen MR) is 144 cm³/mol. The van der Waals surface area contributed by atoms with Gasteiger partial charge in [-0.05, 0) is 55.5 Å². The van der Waals surface area contributed by atoms with E-state index in [0.717, 1.165) is 22.9 Å². The first kappa shape index (κ1) is 24.6. The average Bonchev–Trinajstić information content (AvgIpc) is 2.85. The number of amidine groups is 1. The Hall–Kier alpha value is -3.49. The van der Waals surface area contributed by atoms with Crippen molar-refractivity contribution in [3.63, 3.8) is 0 Å². The molecule has 7 nitrogen and oxygen atoms in total. The number of nitrogens with zero attached hydrogens (tertiary/aromatic N) is 3. The lowest BCUT2D eigenvalue weighted by molar-refractivity contribution is 0.332. The summed E-state index contributed by atoms with van der Waals surface area (Å²) in [7, 11) is -0.830. The van der Waals surface area contributed by atoms with E-state index in [1.54, 1.807) is 36.4 Å². The maximum absolute atomic E-state index is 13.4. The fourth-order valence-electron chi connectivity index (χ4n) is 4.34. The molecule has 1 saturated heterocycles. The summed E-state index contributed by atoms with van der Waals surface area (Å²) >= 11 is 0. The SMILES string of the molecule is C=C/C(C)=C1/NC(c2ccccc2O)=CC(=NC2CCN(S(=C)(=O)c3ccccc3O)CC2)N1C. The third kappa shape index (κ3) is 4.99. The third-order valence-corrected chi connectivity index (χ3v) is 8.68. The largest absolute Gasteiger partial charge is 0.507 e. The summed E-state index contributed by atoms with van der Waals surface area (Å²) in [6, 6.07) is 13.9. The molecule has 1 atom stereocenters. The second kappa shape index (κ2) is 10.0. The summed E-state index contributed by atoms with van der Waals surface area (Å²) in [6.45, 7) is 6.99. The van der Waals surface area contributed by atoms with Gasteiger partial charge in [0.2, 0.25) is 0 Å². The van der Waals surface area contributed by atoms with Gasteiger partial charge in [-0.2, -0.15) is 0 Å². The number of rotatable bonds is 5. The van der Waals surface area contributed by atoms with Crippen LogP contribution in [-0.4, -0.2) is 61.5 Å². The van der Waals surface area contributed by atoms with Crippen LogP contribution in [-0.2, 0) is 9.71 Å². The average molecular weight is 493 g/mol. The highest BCUT2D eigenvalue weighted by atomic mass is 32.2. The third-order valence-electron chi connectivity index (χ3n) is 6.44. The lowest BCUT2D eigenvalue weighted by Crippen LogP contribution is -2.41. The number of aromatic hydroxyl groups is 2. The van der Waals surface area contributed by atoms with Crippen LogP contribution in [0, 0.1) is 0 Å². The normalized spacial score (nSPS) is 21.7. The van der Waals surface area contributed by atoms with Gasteiger partial charge in [-0.25, -0.2) is 8.51 Å². The van der Waals surface area contributed by atoms with Crippen molar-refractivity contribution in [1.82, 2.24) is 14.5 Å². The van der Waals surface area contributed by atoms with Crippen molar-refractivity contribution in [3.05, 3.63) is 84.2 Å². The minimum Gasteiger partial charge on any atom is -0.507 e. The molecule has 1 unspecified atom stereocenters. The molecule has 0 aliphatic carbocycles. The summed E-state index contributed by atoms with van der Waals surface area (Å²) in [4.78, 5) is 7.40. The maximum atomic E-state index is 13.4. The molecule has 0 spiro atoms. The Morgan fingerprint density at radius 3 is 2.37 bits per heavy atom. The number of phenolic OH excluding ortho intramolecular Hbond substituents is 2. The van der Waals surface area contributed by atoms with Gasteiger partial charge in [0, 0.05) is 31.8 Å². The van der Waals surface area contributed by atoms with Crippen LogP contribution in [0.2, 0.25) is 0 Å². The van der Waals surface area contributed by atoms with Crippen molar-refractivity contribution in [2.45, 2.75) is 30.7 Å². The zero-order valence-electron chi connectivity index (χ0n) is 20.1. The molecular weight excluding hydrogens is 460 g/mol. The summed E-state index contributed by atoms with van der Waals surface area (Å²) in [6.07, 6.45) is 5.15. The molecule has 184 valence electrons. The van der Waals surface area contributed by atoms with Gasteiger partial charge >= 0.3 is 0 Å². The van der Waals surface area contributed by atoms with E-state index in [0.29, 0.717) is 36.4 Å². The first-order valence-electron chi connectivity index (χ1n) is 11.5. The number of phenols is 2. The van der Waals surface area contributed by atoms with Crippen molar-refractivity contribution in [3.8, 4) is 11.5 Å². The Kier molecular flexibility index (Phi) is 7.05. The Bertz CT molecular complexity index is 1320. The maximum Gasteiger partial charge on any atom is 0.132 e. The fraction of sp³-hybridized carbons (Fsp3) is 0.259. The molecule has 0 bridgehead atoms. The molecule has 4 rings (SSSR count). The van der Waals surface area contributed by atoms with Crippen molar-refractivity contribution in [1.29, 1.82) is 0 Å². The van der Waals surface area contributed by atoms with E-state index in [-0.39, 0.29) is 17.5 Å². The van der Waals surface area contributed by atoms with E-state index in [9.17, 15) is 14.4 Å². The molecule has 8 heteroatoms. The minimum atomic E-state index is -2.78. The van der Waals surface area contributed by atoms with Crippen LogP contribution >= 0.6 is 0 Å². The lowest BCUT2D eigenvalue weighted by atomic mass is 10.1. The lowest BCUT2D eigenvalue weighted by Gasteiger charge is -2.35.